The number of nitrogens with one attached hydrogen (secondary N) is 1. The van der Waals surface area contributed by atoms with Gasteiger partial charge < -0.3 is 15.0 Å². The summed E-state index contributed by atoms with van der Waals surface area (Å²) >= 11 is 1.84. The molecule has 2 rings (SSSR count). The van der Waals surface area contributed by atoms with Crippen molar-refractivity contribution in [2.45, 2.75) is 19.3 Å². The summed E-state index contributed by atoms with van der Waals surface area (Å²) in [4.78, 5) is 3.81. The molecule has 0 amide bonds. The molecule has 19 heavy (non-hydrogen) atoms. The molecule has 0 radical (unpaired) electrons. The Morgan fingerprint density at radius 1 is 1.37 bits per heavy atom. The van der Waals surface area contributed by atoms with Crippen LogP contribution in [0.25, 0.3) is 0 Å². The van der Waals surface area contributed by atoms with Gasteiger partial charge in [-0.05, 0) is 43.7 Å². The zero-order valence-electron chi connectivity index (χ0n) is 11.9. The summed E-state index contributed by atoms with van der Waals surface area (Å²) in [7, 11) is 2.17. The second kappa shape index (κ2) is 8.69. The molecule has 0 bridgehead atoms. The van der Waals surface area contributed by atoms with E-state index in [1.54, 1.807) is 0 Å². The van der Waals surface area contributed by atoms with Gasteiger partial charge in [-0.15, -0.1) is 11.3 Å². The van der Waals surface area contributed by atoms with Gasteiger partial charge in [0.05, 0.1) is 6.61 Å². The SMILES string of the molecule is CN(CCNCCc1cccs1)CCOCC1CC1. The van der Waals surface area contributed by atoms with Crippen molar-refractivity contribution in [2.75, 3.05) is 46.4 Å². The lowest BCUT2D eigenvalue weighted by Crippen LogP contribution is -2.32. The minimum Gasteiger partial charge on any atom is -0.380 e. The number of rotatable bonds is 11. The molecule has 1 aromatic rings. The van der Waals surface area contributed by atoms with Crippen LogP contribution in [0.4, 0.5) is 0 Å². The summed E-state index contributed by atoms with van der Waals surface area (Å²) in [6.45, 7) is 6.13. The molecule has 1 aromatic heterocycles. The second-order valence-electron chi connectivity index (χ2n) is 5.40. The maximum atomic E-state index is 5.64. The van der Waals surface area contributed by atoms with Gasteiger partial charge in [-0.1, -0.05) is 6.07 Å². The molecule has 4 heteroatoms. The number of thiophene rings is 1. The van der Waals surface area contributed by atoms with Gasteiger partial charge in [0.25, 0.3) is 0 Å². The van der Waals surface area contributed by atoms with Crippen molar-refractivity contribution in [1.29, 1.82) is 0 Å². The molecule has 0 aliphatic heterocycles. The number of likely N-dealkylation sites (N-methyl/N-ethyl adjacent to an activating group) is 1. The highest BCUT2D eigenvalue weighted by atomic mass is 32.1. The van der Waals surface area contributed by atoms with Gasteiger partial charge in [0.2, 0.25) is 0 Å². The fourth-order valence-electron chi connectivity index (χ4n) is 1.93. The van der Waals surface area contributed by atoms with E-state index >= 15 is 0 Å². The van der Waals surface area contributed by atoms with Gasteiger partial charge in [-0.25, -0.2) is 0 Å². The maximum Gasteiger partial charge on any atom is 0.0593 e. The molecule has 0 saturated heterocycles. The summed E-state index contributed by atoms with van der Waals surface area (Å²) in [6, 6.07) is 4.32. The first-order valence-electron chi connectivity index (χ1n) is 7.34. The quantitative estimate of drug-likeness (QED) is 0.630. The molecule has 0 atom stereocenters. The van der Waals surface area contributed by atoms with E-state index < -0.39 is 0 Å². The van der Waals surface area contributed by atoms with Gasteiger partial charge in [0.15, 0.2) is 0 Å². The topological polar surface area (TPSA) is 24.5 Å². The van der Waals surface area contributed by atoms with Gasteiger partial charge in [0, 0.05) is 37.7 Å². The molecule has 1 N–H and O–H groups in total. The number of hydrogen-bond donors (Lipinski definition) is 1. The third-order valence-electron chi connectivity index (χ3n) is 3.47. The van der Waals surface area contributed by atoms with Crippen LogP contribution in [0, 0.1) is 5.92 Å². The largest absolute Gasteiger partial charge is 0.380 e. The fourth-order valence-corrected chi connectivity index (χ4v) is 2.64. The first-order valence-corrected chi connectivity index (χ1v) is 8.22. The van der Waals surface area contributed by atoms with E-state index in [0.29, 0.717) is 0 Å². The first-order chi connectivity index (χ1) is 9.34. The summed E-state index contributed by atoms with van der Waals surface area (Å²) in [5, 5.41) is 5.64. The van der Waals surface area contributed by atoms with Crippen LogP contribution in [0.3, 0.4) is 0 Å². The minimum absolute atomic E-state index is 0.877. The molecule has 108 valence electrons. The van der Waals surface area contributed by atoms with E-state index in [4.69, 9.17) is 4.74 Å². The molecule has 0 spiro atoms. The monoisotopic (exact) mass is 282 g/mol. The average Bonchev–Trinajstić information content (AvgIpc) is 3.09. The lowest BCUT2D eigenvalue weighted by Gasteiger charge is -2.16. The zero-order chi connectivity index (χ0) is 13.3. The van der Waals surface area contributed by atoms with Crippen LogP contribution in [-0.4, -0.2) is 51.3 Å². The smallest absolute Gasteiger partial charge is 0.0593 e. The minimum atomic E-state index is 0.877. The number of ether oxygens (including phenoxy) is 1. The molecular formula is C15H26N2OS. The van der Waals surface area contributed by atoms with E-state index in [0.717, 1.165) is 51.7 Å². The van der Waals surface area contributed by atoms with Crippen molar-refractivity contribution >= 4 is 11.3 Å². The van der Waals surface area contributed by atoms with Gasteiger partial charge >= 0.3 is 0 Å². The predicted molar refractivity (Wildman–Crippen MR) is 81.9 cm³/mol. The summed E-state index contributed by atoms with van der Waals surface area (Å²) in [6.07, 6.45) is 3.90. The molecule has 3 nitrogen and oxygen atoms in total. The first kappa shape index (κ1) is 15.0. The van der Waals surface area contributed by atoms with E-state index in [1.807, 2.05) is 11.3 Å². The van der Waals surface area contributed by atoms with Crippen molar-refractivity contribution in [3.05, 3.63) is 22.4 Å². The fraction of sp³-hybridized carbons (Fsp3) is 0.733. The van der Waals surface area contributed by atoms with Crippen LogP contribution in [0.15, 0.2) is 17.5 Å². The molecule has 1 saturated carbocycles. The Hall–Kier alpha value is -0.420. The van der Waals surface area contributed by atoms with Gasteiger partial charge in [0.1, 0.15) is 0 Å². The highest BCUT2D eigenvalue weighted by Gasteiger charge is 2.20. The Labute approximate surface area is 121 Å². The summed E-state index contributed by atoms with van der Waals surface area (Å²) in [5.41, 5.74) is 0. The van der Waals surface area contributed by atoms with Gasteiger partial charge in [-0.3, -0.25) is 0 Å². The van der Waals surface area contributed by atoms with E-state index in [2.05, 4.69) is 34.8 Å². The van der Waals surface area contributed by atoms with Crippen molar-refractivity contribution < 1.29 is 4.74 Å². The molecular weight excluding hydrogens is 256 g/mol. The molecule has 1 aliphatic rings. The Bertz CT molecular complexity index is 325. The lowest BCUT2D eigenvalue weighted by molar-refractivity contribution is 0.104. The van der Waals surface area contributed by atoms with E-state index in [-0.39, 0.29) is 0 Å². The van der Waals surface area contributed by atoms with Crippen molar-refractivity contribution in [3.63, 3.8) is 0 Å². The highest BCUT2D eigenvalue weighted by Crippen LogP contribution is 2.28. The number of nitrogens with zero attached hydrogens (tertiary/aromatic N) is 1. The van der Waals surface area contributed by atoms with Crippen LogP contribution in [0.5, 0.6) is 0 Å². The lowest BCUT2D eigenvalue weighted by atomic mass is 10.3. The Balaban J connectivity index is 1.37. The zero-order valence-corrected chi connectivity index (χ0v) is 12.8. The molecule has 1 heterocycles. The molecule has 1 fully saturated rings. The normalized spacial score (nSPS) is 15.3. The van der Waals surface area contributed by atoms with Crippen LogP contribution >= 0.6 is 11.3 Å². The summed E-state index contributed by atoms with van der Waals surface area (Å²) < 4.78 is 5.64. The summed E-state index contributed by atoms with van der Waals surface area (Å²) in [5.74, 6) is 0.879. The maximum absolute atomic E-state index is 5.64. The third-order valence-corrected chi connectivity index (χ3v) is 4.40. The van der Waals surface area contributed by atoms with Crippen LogP contribution in [0.2, 0.25) is 0 Å². The van der Waals surface area contributed by atoms with Crippen LogP contribution in [-0.2, 0) is 11.2 Å². The molecule has 0 unspecified atom stereocenters. The predicted octanol–water partition coefficient (Wildman–Crippen LogP) is 2.24. The van der Waals surface area contributed by atoms with Crippen molar-refractivity contribution in [2.24, 2.45) is 5.92 Å². The van der Waals surface area contributed by atoms with Crippen molar-refractivity contribution in [3.8, 4) is 0 Å². The van der Waals surface area contributed by atoms with E-state index in [9.17, 15) is 0 Å². The average molecular weight is 282 g/mol. The standard InChI is InChI=1S/C15H26N2OS/c1-17(10-11-18-13-14-4-5-14)9-8-16-7-6-15-3-2-12-19-15/h2-3,12,14,16H,4-11,13H2,1H3. The van der Waals surface area contributed by atoms with E-state index in [1.165, 1.54) is 17.7 Å². The second-order valence-corrected chi connectivity index (χ2v) is 6.43. The number of hydrogen-bond acceptors (Lipinski definition) is 4. The van der Waals surface area contributed by atoms with Crippen molar-refractivity contribution in [1.82, 2.24) is 10.2 Å². The third kappa shape index (κ3) is 7.06. The Morgan fingerprint density at radius 2 is 2.26 bits per heavy atom. The highest BCUT2D eigenvalue weighted by molar-refractivity contribution is 7.09. The Morgan fingerprint density at radius 3 is 3.00 bits per heavy atom. The van der Waals surface area contributed by atoms with Gasteiger partial charge in [-0.2, -0.15) is 0 Å². The van der Waals surface area contributed by atoms with Crippen LogP contribution < -0.4 is 5.32 Å². The van der Waals surface area contributed by atoms with Crippen LogP contribution in [0.1, 0.15) is 17.7 Å². The molecule has 0 aromatic carbocycles. The Kier molecular flexibility index (Phi) is 6.85. The molecule has 1 aliphatic carbocycles.